The SMILES string of the molecule is [Ce+3].[La+3].[O-][Si]([O-])([O-])[O-]. The van der Waals surface area contributed by atoms with Crippen molar-refractivity contribution >= 4 is 9.05 Å². The predicted molar refractivity (Wildman–Crippen MR) is 5.75 cm³/mol. The molecule has 0 aromatic heterocycles. The van der Waals surface area contributed by atoms with Crippen LogP contribution in [0.2, 0.25) is 0 Å². The van der Waals surface area contributed by atoms with Crippen LogP contribution in [-0.2, 0) is 0 Å². The van der Waals surface area contributed by atoms with Gasteiger partial charge in [-0.3, -0.25) is 0 Å². The van der Waals surface area contributed by atoms with Crippen molar-refractivity contribution in [1.82, 2.24) is 0 Å². The van der Waals surface area contributed by atoms with Crippen molar-refractivity contribution in [3.8, 4) is 0 Å². The first-order valence-corrected chi connectivity index (χ1v) is 2.45. The zero-order valence-electron chi connectivity index (χ0n) is 3.21. The second-order valence-electron chi connectivity index (χ2n) is 0.500. The molecule has 0 amide bonds. The molecule has 0 saturated heterocycles. The molecular weight excluding hydrogens is 371 g/mol. The summed E-state index contributed by atoms with van der Waals surface area (Å²) in [7, 11) is -5.61. The second kappa shape index (κ2) is 6.74. The van der Waals surface area contributed by atoms with Crippen molar-refractivity contribution < 1.29 is 96.5 Å². The van der Waals surface area contributed by atoms with Crippen molar-refractivity contribution in [2.75, 3.05) is 0 Å². The first kappa shape index (κ1) is 16.3. The number of hydrogen-bond donors (Lipinski definition) is 0. The van der Waals surface area contributed by atoms with E-state index in [0.717, 1.165) is 0 Å². The van der Waals surface area contributed by atoms with Crippen LogP contribution in [0.4, 0.5) is 0 Å². The first-order valence-electron chi connectivity index (χ1n) is 0.816. The standard InChI is InChI=1S/Ce.La.O4Si/c;;1-5(2,3)4/q2*+3;-4. The topological polar surface area (TPSA) is 92.2 Å². The second-order valence-corrected chi connectivity index (χ2v) is 1.50. The van der Waals surface area contributed by atoms with E-state index in [1.165, 1.54) is 0 Å². The molecule has 0 aliphatic carbocycles. The fourth-order valence-electron chi connectivity index (χ4n) is 0. The van der Waals surface area contributed by atoms with Gasteiger partial charge in [0.25, 0.3) is 0 Å². The van der Waals surface area contributed by atoms with Gasteiger partial charge in [-0.1, -0.05) is 0 Å². The molecule has 0 heterocycles. The Bertz CT molecular complexity index is 27.2. The van der Waals surface area contributed by atoms with E-state index in [-0.39, 0.29) is 77.3 Å². The third kappa shape index (κ3) is 54.9. The molecule has 0 atom stereocenters. The van der Waals surface area contributed by atoms with Crippen LogP contribution < -0.4 is 19.2 Å². The molecule has 7 heteroatoms. The van der Waals surface area contributed by atoms with Gasteiger partial charge >= 0.3 is 77.3 Å². The van der Waals surface area contributed by atoms with Crippen molar-refractivity contribution in [3.05, 3.63) is 0 Å². The van der Waals surface area contributed by atoms with Crippen LogP contribution >= 0.6 is 0 Å². The summed E-state index contributed by atoms with van der Waals surface area (Å²) in [5.41, 5.74) is 0. The zero-order chi connectivity index (χ0) is 4.50. The molecule has 0 bridgehead atoms. The molecule has 0 spiro atoms. The molecule has 0 fully saturated rings. The molecule has 7 heavy (non-hydrogen) atoms. The van der Waals surface area contributed by atoms with Gasteiger partial charge in [-0.2, -0.15) is 0 Å². The zero-order valence-corrected chi connectivity index (χ0v) is 11.0. The van der Waals surface area contributed by atoms with Crippen molar-refractivity contribution in [2.45, 2.75) is 0 Å². The van der Waals surface area contributed by atoms with E-state index in [1.807, 2.05) is 0 Å². The molecule has 0 rings (SSSR count). The summed E-state index contributed by atoms with van der Waals surface area (Å²) in [5.74, 6) is 0. The fourth-order valence-corrected chi connectivity index (χ4v) is 0. The molecule has 1 radical (unpaired) electrons. The van der Waals surface area contributed by atoms with Crippen LogP contribution in [0, 0.1) is 77.3 Å². The van der Waals surface area contributed by atoms with Crippen LogP contribution in [0.15, 0.2) is 0 Å². The van der Waals surface area contributed by atoms with Gasteiger partial charge < -0.3 is 28.2 Å². The summed E-state index contributed by atoms with van der Waals surface area (Å²) < 4.78 is 0. The van der Waals surface area contributed by atoms with Gasteiger partial charge in [0, 0.05) is 0 Å². The minimum Gasteiger partial charge on any atom is -0.894 e. The Hall–Kier alpha value is 2.63. The van der Waals surface area contributed by atoms with Gasteiger partial charge in [-0.25, -0.2) is 0 Å². The molecule has 0 aromatic carbocycles. The van der Waals surface area contributed by atoms with Crippen LogP contribution in [0.1, 0.15) is 0 Å². The molecule has 4 nitrogen and oxygen atoms in total. The predicted octanol–water partition coefficient (Wildman–Crippen LogP) is -5.14. The van der Waals surface area contributed by atoms with Gasteiger partial charge in [0.05, 0.1) is 0 Å². The van der Waals surface area contributed by atoms with E-state index in [1.54, 1.807) is 0 Å². The minimum atomic E-state index is -5.61. The van der Waals surface area contributed by atoms with E-state index in [0.29, 0.717) is 0 Å². The third-order valence-electron chi connectivity index (χ3n) is 0. The molecule has 0 saturated carbocycles. The quantitative estimate of drug-likeness (QED) is 0.399. The Labute approximate surface area is 103 Å². The molecule has 0 unspecified atom stereocenters. The number of hydrogen-bond acceptors (Lipinski definition) is 4. The Morgan fingerprint density at radius 2 is 0.857 bits per heavy atom. The molecular formula is CeLaO4Si+2. The van der Waals surface area contributed by atoms with Crippen LogP contribution in [-0.4, -0.2) is 9.05 Å². The van der Waals surface area contributed by atoms with Gasteiger partial charge in [0.15, 0.2) is 0 Å². The van der Waals surface area contributed by atoms with E-state index in [9.17, 15) is 0 Å². The summed E-state index contributed by atoms with van der Waals surface area (Å²) >= 11 is 0. The average molecular weight is 371 g/mol. The molecule has 0 aliphatic heterocycles. The normalized spacial score (nSPS) is 8.57. The van der Waals surface area contributed by atoms with Crippen molar-refractivity contribution in [1.29, 1.82) is 0 Å². The minimum absolute atomic E-state index is 0. The Morgan fingerprint density at radius 3 is 0.857 bits per heavy atom. The maximum Gasteiger partial charge on any atom is 3.00 e. The summed E-state index contributed by atoms with van der Waals surface area (Å²) in [6.07, 6.45) is 0. The van der Waals surface area contributed by atoms with Crippen LogP contribution in [0.3, 0.4) is 0 Å². The average Bonchev–Trinajstić information content (AvgIpc) is 0.722. The van der Waals surface area contributed by atoms with Crippen LogP contribution in [0.5, 0.6) is 0 Å². The summed E-state index contributed by atoms with van der Waals surface area (Å²) in [6.45, 7) is 0. The molecule has 33 valence electrons. The smallest absolute Gasteiger partial charge is 0.894 e. The van der Waals surface area contributed by atoms with Gasteiger partial charge in [0.2, 0.25) is 0 Å². The number of rotatable bonds is 0. The Balaban J connectivity index is -0.0000000800. The maximum atomic E-state index is 8.58. The third-order valence-corrected chi connectivity index (χ3v) is 0. The van der Waals surface area contributed by atoms with Crippen molar-refractivity contribution in [2.24, 2.45) is 0 Å². The Kier molecular flexibility index (Phi) is 15.7. The summed E-state index contributed by atoms with van der Waals surface area (Å²) in [6, 6.07) is 0. The Morgan fingerprint density at radius 1 is 0.857 bits per heavy atom. The van der Waals surface area contributed by atoms with E-state index >= 15 is 0 Å². The molecule has 0 aliphatic rings. The van der Waals surface area contributed by atoms with Crippen LogP contribution in [0.25, 0.3) is 0 Å². The van der Waals surface area contributed by atoms with E-state index in [2.05, 4.69) is 0 Å². The summed E-state index contributed by atoms with van der Waals surface area (Å²) in [4.78, 5) is 34.3. The van der Waals surface area contributed by atoms with Crippen molar-refractivity contribution in [3.63, 3.8) is 0 Å². The van der Waals surface area contributed by atoms with E-state index < -0.39 is 9.05 Å². The van der Waals surface area contributed by atoms with Gasteiger partial charge in [0.1, 0.15) is 0 Å². The van der Waals surface area contributed by atoms with Gasteiger partial charge in [-0.15, -0.1) is 0 Å². The fraction of sp³-hybridized carbons (Fsp3) is 0. The first-order chi connectivity index (χ1) is 2.00. The summed E-state index contributed by atoms with van der Waals surface area (Å²) in [5, 5.41) is 0. The molecule has 0 N–H and O–H groups in total. The molecule has 0 aromatic rings. The maximum absolute atomic E-state index is 8.58. The largest absolute Gasteiger partial charge is 3.00 e. The van der Waals surface area contributed by atoms with Gasteiger partial charge in [-0.05, 0) is 0 Å². The monoisotopic (exact) mass is 371 g/mol. The van der Waals surface area contributed by atoms with E-state index in [4.69, 9.17) is 19.2 Å².